The van der Waals surface area contributed by atoms with Gasteiger partial charge in [0.05, 0.1) is 6.10 Å². The first-order valence-electron chi connectivity index (χ1n) is 9.25. The second-order valence-electron chi connectivity index (χ2n) is 7.13. The van der Waals surface area contributed by atoms with Crippen molar-refractivity contribution in [2.75, 3.05) is 26.2 Å². The third-order valence-electron chi connectivity index (χ3n) is 5.32. The minimum absolute atomic E-state index is 0.0404. The number of aryl methyl sites for hydroxylation is 1. The van der Waals surface area contributed by atoms with Gasteiger partial charge in [-0.3, -0.25) is 9.78 Å². The molecule has 0 unspecified atom stereocenters. The van der Waals surface area contributed by atoms with Crippen molar-refractivity contribution >= 4 is 5.91 Å². The zero-order valence-electron chi connectivity index (χ0n) is 14.8. The van der Waals surface area contributed by atoms with Gasteiger partial charge in [0.1, 0.15) is 0 Å². The van der Waals surface area contributed by atoms with Crippen molar-refractivity contribution in [3.05, 3.63) is 29.6 Å². The van der Waals surface area contributed by atoms with Crippen molar-refractivity contribution in [1.82, 2.24) is 15.2 Å². The largest absolute Gasteiger partial charge is 0.377 e. The quantitative estimate of drug-likeness (QED) is 0.899. The number of pyridine rings is 1. The smallest absolute Gasteiger partial charge is 0.251 e. The van der Waals surface area contributed by atoms with Gasteiger partial charge in [0.15, 0.2) is 0 Å². The van der Waals surface area contributed by atoms with Crippen LogP contribution >= 0.6 is 0 Å². The van der Waals surface area contributed by atoms with Crippen LogP contribution in [0.4, 0.5) is 0 Å². The number of ether oxygens (including phenoxy) is 1. The van der Waals surface area contributed by atoms with Gasteiger partial charge in [-0.05, 0) is 43.2 Å². The molecular formula is C19H29N3O2. The Hall–Kier alpha value is -1.46. The monoisotopic (exact) mass is 331 g/mol. The van der Waals surface area contributed by atoms with Crippen molar-refractivity contribution in [2.45, 2.75) is 51.7 Å². The van der Waals surface area contributed by atoms with Crippen LogP contribution in [-0.4, -0.2) is 54.2 Å². The van der Waals surface area contributed by atoms with E-state index in [1.165, 1.54) is 12.8 Å². The molecule has 2 aliphatic heterocycles. The molecule has 0 radical (unpaired) electrons. The first kappa shape index (κ1) is 17.4. The summed E-state index contributed by atoms with van der Waals surface area (Å²) in [5.41, 5.74) is 1.78. The number of nitrogens with zero attached hydrogens (tertiary/aromatic N) is 2. The lowest BCUT2D eigenvalue weighted by molar-refractivity contribution is 0.0498. The number of hydrogen-bond donors (Lipinski definition) is 1. The molecule has 1 amide bonds. The van der Waals surface area contributed by atoms with Crippen molar-refractivity contribution in [3.8, 4) is 0 Å². The molecule has 3 atom stereocenters. The molecule has 0 bridgehead atoms. The molecule has 0 aliphatic carbocycles. The summed E-state index contributed by atoms with van der Waals surface area (Å²) in [5, 5.41) is 3.25. The van der Waals surface area contributed by atoms with Crippen LogP contribution in [-0.2, 0) is 11.2 Å². The number of piperidine rings is 1. The molecule has 2 saturated heterocycles. The summed E-state index contributed by atoms with van der Waals surface area (Å²) in [6, 6.07) is 2.07. The number of nitrogens with one attached hydrogen (secondary N) is 1. The molecule has 3 heterocycles. The van der Waals surface area contributed by atoms with Crippen LogP contribution in [0.5, 0.6) is 0 Å². The molecule has 0 aromatic carbocycles. The van der Waals surface area contributed by atoms with E-state index in [1.54, 1.807) is 12.4 Å². The van der Waals surface area contributed by atoms with Gasteiger partial charge >= 0.3 is 0 Å². The Morgan fingerprint density at radius 2 is 2.33 bits per heavy atom. The summed E-state index contributed by atoms with van der Waals surface area (Å²) in [6.07, 6.45) is 8.11. The molecule has 5 nitrogen and oxygen atoms in total. The van der Waals surface area contributed by atoms with Gasteiger partial charge in [0.25, 0.3) is 5.91 Å². The average Bonchev–Trinajstić information content (AvgIpc) is 3.10. The van der Waals surface area contributed by atoms with Crippen LogP contribution < -0.4 is 5.32 Å². The van der Waals surface area contributed by atoms with Gasteiger partial charge in [-0.2, -0.15) is 0 Å². The van der Waals surface area contributed by atoms with Crippen molar-refractivity contribution < 1.29 is 9.53 Å². The molecule has 1 aromatic rings. The highest BCUT2D eigenvalue weighted by Gasteiger charge is 2.29. The molecule has 132 valence electrons. The van der Waals surface area contributed by atoms with Crippen LogP contribution in [0.25, 0.3) is 0 Å². The molecule has 0 spiro atoms. The van der Waals surface area contributed by atoms with E-state index in [-0.39, 0.29) is 11.9 Å². The number of amides is 1. The lowest BCUT2D eigenvalue weighted by Crippen LogP contribution is -2.51. The number of carbonyl (C=O) groups is 1. The van der Waals surface area contributed by atoms with E-state index in [4.69, 9.17) is 4.74 Å². The van der Waals surface area contributed by atoms with Gasteiger partial charge in [-0.25, -0.2) is 0 Å². The molecule has 5 heteroatoms. The standard InChI is InChI=1S/C19H29N3O2/c1-3-15-11-20-8-6-17(15)19(23)21-18-7-9-22(12-14(18)2)13-16-5-4-10-24-16/h6,8,11,14,16,18H,3-5,7,9-10,12-13H2,1-2H3,(H,21,23)/t14-,16-,18-/m1/s1. The Morgan fingerprint density at radius 1 is 1.46 bits per heavy atom. The maximum absolute atomic E-state index is 12.6. The third kappa shape index (κ3) is 4.14. The van der Waals surface area contributed by atoms with Gasteiger partial charge in [-0.1, -0.05) is 13.8 Å². The van der Waals surface area contributed by atoms with Crippen LogP contribution in [0.3, 0.4) is 0 Å². The lowest BCUT2D eigenvalue weighted by atomic mass is 9.93. The molecule has 1 N–H and O–H groups in total. The van der Waals surface area contributed by atoms with Gasteiger partial charge in [0, 0.05) is 50.2 Å². The normalized spacial score (nSPS) is 28.0. The number of carbonyl (C=O) groups excluding carboxylic acids is 1. The number of hydrogen-bond acceptors (Lipinski definition) is 4. The van der Waals surface area contributed by atoms with Crippen LogP contribution in [0.1, 0.15) is 49.0 Å². The Bertz CT molecular complexity index is 557. The van der Waals surface area contributed by atoms with Crippen molar-refractivity contribution in [2.24, 2.45) is 5.92 Å². The Balaban J connectivity index is 1.53. The second kappa shape index (κ2) is 8.08. The first-order chi connectivity index (χ1) is 11.7. The molecule has 2 aliphatic rings. The maximum Gasteiger partial charge on any atom is 0.251 e. The van der Waals surface area contributed by atoms with E-state index in [1.807, 2.05) is 6.07 Å². The SMILES string of the molecule is CCc1cnccc1C(=O)N[C@@H]1CCN(C[C@H]2CCCO2)C[C@H]1C. The predicted octanol–water partition coefficient (Wildman–Crippen LogP) is 2.26. The summed E-state index contributed by atoms with van der Waals surface area (Å²) in [7, 11) is 0. The average molecular weight is 331 g/mol. The second-order valence-corrected chi connectivity index (χ2v) is 7.13. The van der Waals surface area contributed by atoms with E-state index in [0.29, 0.717) is 12.0 Å². The maximum atomic E-state index is 12.6. The zero-order chi connectivity index (χ0) is 16.9. The number of likely N-dealkylation sites (tertiary alicyclic amines) is 1. The van der Waals surface area contributed by atoms with E-state index < -0.39 is 0 Å². The fraction of sp³-hybridized carbons (Fsp3) is 0.684. The summed E-state index contributed by atoms with van der Waals surface area (Å²) in [4.78, 5) is 19.2. The predicted molar refractivity (Wildman–Crippen MR) is 94.1 cm³/mol. The molecular weight excluding hydrogens is 302 g/mol. The molecule has 2 fully saturated rings. The molecule has 3 rings (SSSR count). The highest BCUT2D eigenvalue weighted by molar-refractivity contribution is 5.95. The van der Waals surface area contributed by atoms with Crippen LogP contribution in [0.15, 0.2) is 18.5 Å². The van der Waals surface area contributed by atoms with Crippen LogP contribution in [0.2, 0.25) is 0 Å². The topological polar surface area (TPSA) is 54.5 Å². The fourth-order valence-corrected chi connectivity index (χ4v) is 3.87. The molecule has 0 saturated carbocycles. The van der Waals surface area contributed by atoms with Gasteiger partial charge in [-0.15, -0.1) is 0 Å². The molecule has 24 heavy (non-hydrogen) atoms. The van der Waals surface area contributed by atoms with E-state index >= 15 is 0 Å². The first-order valence-corrected chi connectivity index (χ1v) is 9.25. The Labute approximate surface area is 144 Å². The molecule has 1 aromatic heterocycles. The highest BCUT2D eigenvalue weighted by Crippen LogP contribution is 2.21. The van der Waals surface area contributed by atoms with Crippen molar-refractivity contribution in [3.63, 3.8) is 0 Å². The van der Waals surface area contributed by atoms with Gasteiger partial charge < -0.3 is 15.0 Å². The minimum Gasteiger partial charge on any atom is -0.377 e. The van der Waals surface area contributed by atoms with E-state index in [9.17, 15) is 4.79 Å². The summed E-state index contributed by atoms with van der Waals surface area (Å²) in [6.45, 7) is 8.31. The zero-order valence-corrected chi connectivity index (χ0v) is 14.8. The lowest BCUT2D eigenvalue weighted by Gasteiger charge is -2.38. The fourth-order valence-electron chi connectivity index (χ4n) is 3.87. The van der Waals surface area contributed by atoms with E-state index in [2.05, 4.69) is 29.0 Å². The highest BCUT2D eigenvalue weighted by atomic mass is 16.5. The van der Waals surface area contributed by atoms with Crippen LogP contribution in [0, 0.1) is 5.92 Å². The third-order valence-corrected chi connectivity index (χ3v) is 5.32. The number of rotatable bonds is 5. The van der Waals surface area contributed by atoms with Gasteiger partial charge in [0.2, 0.25) is 0 Å². The summed E-state index contributed by atoms with van der Waals surface area (Å²) in [5.74, 6) is 0.495. The number of aromatic nitrogens is 1. The Kier molecular flexibility index (Phi) is 5.85. The van der Waals surface area contributed by atoms with Crippen molar-refractivity contribution in [1.29, 1.82) is 0 Å². The minimum atomic E-state index is 0.0404. The van der Waals surface area contributed by atoms with E-state index in [0.717, 1.165) is 50.2 Å². The summed E-state index contributed by atoms with van der Waals surface area (Å²) < 4.78 is 5.75. The summed E-state index contributed by atoms with van der Waals surface area (Å²) >= 11 is 0. The Morgan fingerprint density at radius 3 is 3.04 bits per heavy atom.